The van der Waals surface area contributed by atoms with Gasteiger partial charge in [-0.1, -0.05) is 16.6 Å². The number of fused-ring (bicyclic) bond motifs is 1. The van der Waals surface area contributed by atoms with Crippen molar-refractivity contribution in [2.75, 3.05) is 0 Å². The number of rotatable bonds is 3. The topological polar surface area (TPSA) is 97.5 Å². The van der Waals surface area contributed by atoms with Gasteiger partial charge in [0.05, 0.1) is 22.9 Å². The van der Waals surface area contributed by atoms with Crippen molar-refractivity contribution in [3.63, 3.8) is 0 Å². The molecule has 0 aliphatic heterocycles. The van der Waals surface area contributed by atoms with Gasteiger partial charge in [-0.25, -0.2) is 5.43 Å². The summed E-state index contributed by atoms with van der Waals surface area (Å²) in [5.41, 5.74) is 3.40. The van der Waals surface area contributed by atoms with Gasteiger partial charge in [-0.3, -0.25) is 9.59 Å². The second-order valence-corrected chi connectivity index (χ2v) is 5.16. The second-order valence-electron chi connectivity index (χ2n) is 4.40. The normalized spacial score (nSPS) is 11.1. The number of nitrogens with zero attached hydrogens (tertiary/aromatic N) is 3. The van der Waals surface area contributed by atoms with Crippen molar-refractivity contribution in [1.29, 1.82) is 0 Å². The van der Waals surface area contributed by atoms with Crippen molar-refractivity contribution in [3.8, 4) is 0 Å². The van der Waals surface area contributed by atoms with Gasteiger partial charge < -0.3 is 4.42 Å². The Labute approximate surface area is 128 Å². The van der Waals surface area contributed by atoms with E-state index in [-0.39, 0.29) is 11.0 Å². The molecule has 22 heavy (non-hydrogen) atoms. The summed E-state index contributed by atoms with van der Waals surface area (Å²) in [6.07, 6.45) is 2.56. The molecule has 0 bridgehead atoms. The standard InChI is InChI=1S/C14H10N4O3S/c1-8-13(22-18-16-8)14(20)17-15-6-9-7-21-11-5-3-2-4-10(11)12(9)19/h2-7H,1H3,(H,17,20)/b15-6+. The summed E-state index contributed by atoms with van der Waals surface area (Å²) in [7, 11) is 0. The van der Waals surface area contributed by atoms with Crippen LogP contribution in [0.3, 0.4) is 0 Å². The monoisotopic (exact) mass is 314 g/mol. The van der Waals surface area contributed by atoms with Crippen molar-refractivity contribution >= 4 is 34.6 Å². The maximum Gasteiger partial charge on any atom is 0.285 e. The highest BCUT2D eigenvalue weighted by molar-refractivity contribution is 7.07. The highest BCUT2D eigenvalue weighted by atomic mass is 32.1. The van der Waals surface area contributed by atoms with Crippen molar-refractivity contribution in [3.05, 3.63) is 56.9 Å². The van der Waals surface area contributed by atoms with Crippen LogP contribution in [-0.4, -0.2) is 21.7 Å². The molecule has 1 aromatic carbocycles. The molecular formula is C14H10N4O3S. The molecule has 0 aliphatic rings. The van der Waals surface area contributed by atoms with Crippen molar-refractivity contribution in [1.82, 2.24) is 15.0 Å². The number of carbonyl (C=O) groups excluding carboxylic acids is 1. The SMILES string of the molecule is Cc1nnsc1C(=O)N/N=C/c1coc2ccccc2c1=O. The van der Waals surface area contributed by atoms with E-state index in [1.165, 1.54) is 12.5 Å². The molecule has 2 heterocycles. The van der Waals surface area contributed by atoms with E-state index in [0.29, 0.717) is 21.5 Å². The summed E-state index contributed by atoms with van der Waals surface area (Å²) in [4.78, 5) is 24.4. The fraction of sp³-hybridized carbons (Fsp3) is 0.0714. The lowest BCUT2D eigenvalue weighted by Gasteiger charge is -1.98. The van der Waals surface area contributed by atoms with Crippen LogP contribution in [0.4, 0.5) is 0 Å². The minimum absolute atomic E-state index is 0.213. The molecule has 1 amide bonds. The molecule has 7 nitrogen and oxygen atoms in total. The van der Waals surface area contributed by atoms with Crippen LogP contribution in [0.1, 0.15) is 20.9 Å². The Morgan fingerprint density at radius 2 is 2.23 bits per heavy atom. The molecule has 0 spiro atoms. The molecule has 1 N–H and O–H groups in total. The molecule has 0 fully saturated rings. The number of nitrogens with one attached hydrogen (secondary N) is 1. The van der Waals surface area contributed by atoms with Crippen LogP contribution in [0.2, 0.25) is 0 Å². The van der Waals surface area contributed by atoms with Crippen molar-refractivity contribution < 1.29 is 9.21 Å². The summed E-state index contributed by atoms with van der Waals surface area (Å²) < 4.78 is 9.02. The number of benzene rings is 1. The summed E-state index contributed by atoms with van der Waals surface area (Å²) in [6.45, 7) is 1.68. The molecule has 3 rings (SSSR count). The van der Waals surface area contributed by atoms with Crippen LogP contribution < -0.4 is 10.9 Å². The molecule has 3 aromatic rings. The van der Waals surface area contributed by atoms with E-state index < -0.39 is 5.91 Å². The lowest BCUT2D eigenvalue weighted by atomic mass is 10.2. The smallest absolute Gasteiger partial charge is 0.285 e. The van der Waals surface area contributed by atoms with Gasteiger partial charge in [0.15, 0.2) is 0 Å². The van der Waals surface area contributed by atoms with Gasteiger partial charge in [0.2, 0.25) is 5.43 Å². The molecule has 0 saturated carbocycles. The Hall–Kier alpha value is -2.87. The number of aryl methyl sites for hydroxylation is 1. The Kier molecular flexibility index (Phi) is 3.75. The highest BCUT2D eigenvalue weighted by Gasteiger charge is 2.12. The molecule has 0 atom stereocenters. The van der Waals surface area contributed by atoms with E-state index in [1.807, 2.05) is 0 Å². The molecule has 0 aliphatic carbocycles. The van der Waals surface area contributed by atoms with Crippen LogP contribution >= 0.6 is 11.5 Å². The number of para-hydroxylation sites is 1. The third kappa shape index (κ3) is 2.63. The largest absolute Gasteiger partial charge is 0.463 e. The zero-order valence-corrected chi connectivity index (χ0v) is 12.3. The highest BCUT2D eigenvalue weighted by Crippen LogP contribution is 2.10. The predicted octanol–water partition coefficient (Wildman–Crippen LogP) is 1.72. The van der Waals surface area contributed by atoms with Gasteiger partial charge in [-0.05, 0) is 30.6 Å². The van der Waals surface area contributed by atoms with Gasteiger partial charge in [0, 0.05) is 0 Å². The van der Waals surface area contributed by atoms with Crippen LogP contribution in [-0.2, 0) is 0 Å². The van der Waals surface area contributed by atoms with Gasteiger partial charge in [-0.2, -0.15) is 5.10 Å². The number of hydrogen-bond acceptors (Lipinski definition) is 7. The number of hydrogen-bond donors (Lipinski definition) is 1. The lowest BCUT2D eigenvalue weighted by Crippen LogP contribution is -2.18. The molecule has 0 unspecified atom stereocenters. The van der Waals surface area contributed by atoms with E-state index in [9.17, 15) is 9.59 Å². The van der Waals surface area contributed by atoms with Gasteiger partial charge in [0.1, 0.15) is 16.7 Å². The zero-order valence-electron chi connectivity index (χ0n) is 11.4. The molecule has 0 radical (unpaired) electrons. The van der Waals surface area contributed by atoms with Crippen LogP contribution in [0, 0.1) is 6.92 Å². The first-order valence-electron chi connectivity index (χ1n) is 6.29. The Balaban J connectivity index is 1.81. The summed E-state index contributed by atoms with van der Waals surface area (Å²) in [5, 5.41) is 7.97. The first kappa shape index (κ1) is 14.1. The van der Waals surface area contributed by atoms with E-state index in [4.69, 9.17) is 4.42 Å². The molecule has 2 aromatic heterocycles. The van der Waals surface area contributed by atoms with Crippen molar-refractivity contribution in [2.24, 2.45) is 5.10 Å². The molecule has 0 saturated heterocycles. The second kappa shape index (κ2) is 5.86. The minimum Gasteiger partial charge on any atom is -0.463 e. The summed E-state index contributed by atoms with van der Waals surface area (Å²) in [5.74, 6) is -0.422. The third-order valence-electron chi connectivity index (χ3n) is 2.93. The summed E-state index contributed by atoms with van der Waals surface area (Å²) in [6, 6.07) is 6.91. The number of amides is 1. The quantitative estimate of drug-likeness (QED) is 0.586. The van der Waals surface area contributed by atoms with E-state index >= 15 is 0 Å². The fourth-order valence-electron chi connectivity index (χ4n) is 1.83. The molecular weight excluding hydrogens is 304 g/mol. The van der Waals surface area contributed by atoms with E-state index in [0.717, 1.165) is 11.5 Å². The average Bonchev–Trinajstić information content (AvgIpc) is 2.96. The Morgan fingerprint density at radius 1 is 1.41 bits per heavy atom. The van der Waals surface area contributed by atoms with Crippen LogP contribution in [0.5, 0.6) is 0 Å². The Bertz CT molecular complexity index is 929. The van der Waals surface area contributed by atoms with Crippen LogP contribution in [0.25, 0.3) is 11.0 Å². The first-order valence-corrected chi connectivity index (χ1v) is 7.07. The average molecular weight is 314 g/mol. The van der Waals surface area contributed by atoms with Crippen molar-refractivity contribution in [2.45, 2.75) is 6.92 Å². The van der Waals surface area contributed by atoms with Crippen LogP contribution in [0.15, 0.2) is 44.8 Å². The summed E-state index contributed by atoms with van der Waals surface area (Å²) >= 11 is 0.982. The lowest BCUT2D eigenvalue weighted by molar-refractivity contribution is 0.0958. The number of carbonyl (C=O) groups is 1. The molecule has 110 valence electrons. The minimum atomic E-state index is -0.422. The Morgan fingerprint density at radius 3 is 3.00 bits per heavy atom. The first-order chi connectivity index (χ1) is 10.7. The van der Waals surface area contributed by atoms with Gasteiger partial charge >= 0.3 is 0 Å². The maximum atomic E-state index is 12.2. The van der Waals surface area contributed by atoms with E-state index in [2.05, 4.69) is 20.1 Å². The number of aromatic nitrogens is 2. The van der Waals surface area contributed by atoms with Gasteiger partial charge in [0.25, 0.3) is 5.91 Å². The zero-order chi connectivity index (χ0) is 15.5. The maximum absolute atomic E-state index is 12.2. The van der Waals surface area contributed by atoms with Gasteiger partial charge in [-0.15, -0.1) is 5.10 Å². The third-order valence-corrected chi connectivity index (χ3v) is 3.76. The fourth-order valence-corrected chi connectivity index (χ4v) is 2.38. The predicted molar refractivity (Wildman–Crippen MR) is 82.2 cm³/mol. The van der Waals surface area contributed by atoms with E-state index in [1.54, 1.807) is 31.2 Å². The molecule has 8 heteroatoms. The number of hydrazone groups is 1.